The predicted octanol–water partition coefficient (Wildman–Crippen LogP) is 8.19. The van der Waals surface area contributed by atoms with Crippen LogP contribution < -0.4 is 26.0 Å². The first-order chi connectivity index (χ1) is 21.4. The van der Waals surface area contributed by atoms with Crippen molar-refractivity contribution >= 4 is 67.8 Å². The lowest BCUT2D eigenvalue weighted by Gasteiger charge is -2.15. The van der Waals surface area contributed by atoms with Crippen LogP contribution in [0.15, 0.2) is 132 Å². The van der Waals surface area contributed by atoms with E-state index in [-0.39, 0.29) is 11.0 Å². The molecule has 0 aliphatic rings. The van der Waals surface area contributed by atoms with Gasteiger partial charge in [-0.2, -0.15) is 0 Å². The number of nitrogens with one attached hydrogen (secondary N) is 4. The SMILES string of the molecule is O=C(Nc1ccc(Nc2ccccc2)cc1)c1ccccc1NC(=S)NC(=O)c1cc(Br)ccc1OCCc1ccccc1. The van der Waals surface area contributed by atoms with E-state index >= 15 is 0 Å². The molecule has 5 aromatic rings. The van der Waals surface area contributed by atoms with Gasteiger partial charge in [0.1, 0.15) is 5.75 Å². The average Bonchev–Trinajstić information content (AvgIpc) is 3.04. The maximum Gasteiger partial charge on any atom is 0.261 e. The van der Waals surface area contributed by atoms with E-state index in [2.05, 4.69) is 37.2 Å². The highest BCUT2D eigenvalue weighted by Crippen LogP contribution is 2.24. The van der Waals surface area contributed by atoms with Crippen molar-refractivity contribution in [2.45, 2.75) is 6.42 Å². The standard InChI is InChI=1S/C35H29BrN4O3S/c36-25-15-20-32(43-22-21-24-9-3-1-4-10-24)30(23-25)34(42)40-35(44)39-31-14-8-7-13-29(31)33(41)38-28-18-16-27(17-19-28)37-26-11-5-2-6-12-26/h1-20,23,37H,21-22H2,(H,38,41)(H2,39,40,42,44). The first-order valence-corrected chi connectivity index (χ1v) is 15.1. The number of benzene rings is 5. The Balaban J connectivity index is 1.20. The topological polar surface area (TPSA) is 91.5 Å². The molecule has 0 atom stereocenters. The quantitative estimate of drug-likeness (QED) is 0.113. The van der Waals surface area contributed by atoms with Crippen molar-refractivity contribution in [3.8, 4) is 5.75 Å². The van der Waals surface area contributed by atoms with Gasteiger partial charge in [-0.1, -0.05) is 76.6 Å². The minimum absolute atomic E-state index is 0.0433. The lowest BCUT2D eigenvalue weighted by molar-refractivity contribution is 0.0972. The molecule has 5 rings (SSSR count). The minimum Gasteiger partial charge on any atom is -0.492 e. The molecule has 0 saturated heterocycles. The second kappa shape index (κ2) is 15.0. The third kappa shape index (κ3) is 8.53. The van der Waals surface area contributed by atoms with E-state index in [1.165, 1.54) is 0 Å². The molecular formula is C35H29BrN4O3S. The van der Waals surface area contributed by atoms with Crippen LogP contribution in [0.2, 0.25) is 0 Å². The number of anilines is 4. The number of hydrogen-bond acceptors (Lipinski definition) is 5. The molecule has 0 bridgehead atoms. The Labute approximate surface area is 269 Å². The summed E-state index contributed by atoms with van der Waals surface area (Å²) in [4.78, 5) is 26.4. The molecule has 0 radical (unpaired) electrons. The first kappa shape index (κ1) is 30.5. The number of rotatable bonds is 10. The molecule has 0 aromatic heterocycles. The van der Waals surface area contributed by atoms with E-state index in [9.17, 15) is 9.59 Å². The lowest BCUT2D eigenvalue weighted by atomic mass is 10.1. The fraction of sp³-hybridized carbons (Fsp3) is 0.0571. The largest absolute Gasteiger partial charge is 0.492 e. The highest BCUT2D eigenvalue weighted by molar-refractivity contribution is 9.10. The van der Waals surface area contributed by atoms with Crippen LogP contribution in [-0.2, 0) is 6.42 Å². The molecule has 0 aliphatic carbocycles. The fourth-order valence-electron chi connectivity index (χ4n) is 4.37. The maximum absolute atomic E-state index is 13.2. The summed E-state index contributed by atoms with van der Waals surface area (Å²) in [5.74, 6) is -0.328. The van der Waals surface area contributed by atoms with Crippen LogP contribution in [0.3, 0.4) is 0 Å². The highest BCUT2D eigenvalue weighted by atomic mass is 79.9. The summed E-state index contributed by atoms with van der Waals surface area (Å²) in [5.41, 5.74) is 4.78. The Kier molecular flexibility index (Phi) is 10.4. The van der Waals surface area contributed by atoms with E-state index in [1.54, 1.807) is 36.4 Å². The molecule has 7 nitrogen and oxygen atoms in total. The molecular weight excluding hydrogens is 636 g/mol. The number of carbonyl (C=O) groups is 2. The van der Waals surface area contributed by atoms with Crippen molar-refractivity contribution in [2.24, 2.45) is 0 Å². The van der Waals surface area contributed by atoms with Gasteiger partial charge in [0, 0.05) is 28.0 Å². The zero-order valence-corrected chi connectivity index (χ0v) is 26.0. The Morgan fingerprint density at radius 1 is 0.659 bits per heavy atom. The normalized spacial score (nSPS) is 10.4. The van der Waals surface area contributed by atoms with Gasteiger partial charge in [-0.15, -0.1) is 0 Å². The summed E-state index contributed by atoms with van der Waals surface area (Å²) >= 11 is 8.88. The fourth-order valence-corrected chi connectivity index (χ4v) is 4.93. The van der Waals surface area contributed by atoms with Gasteiger partial charge in [-0.3, -0.25) is 14.9 Å². The van der Waals surface area contributed by atoms with Crippen LogP contribution >= 0.6 is 28.1 Å². The van der Waals surface area contributed by atoms with Crippen LogP contribution in [0.5, 0.6) is 5.75 Å². The van der Waals surface area contributed by atoms with Gasteiger partial charge in [-0.05, 0) is 84.5 Å². The summed E-state index contributed by atoms with van der Waals surface area (Å²) in [6.45, 7) is 0.406. The van der Waals surface area contributed by atoms with Crippen molar-refractivity contribution in [3.05, 3.63) is 149 Å². The second-order valence-electron chi connectivity index (χ2n) is 9.70. The molecule has 2 amide bonds. The van der Waals surface area contributed by atoms with Crippen molar-refractivity contribution in [3.63, 3.8) is 0 Å². The molecule has 220 valence electrons. The van der Waals surface area contributed by atoms with Crippen LogP contribution in [0.25, 0.3) is 0 Å². The zero-order valence-electron chi connectivity index (χ0n) is 23.5. The number of ether oxygens (including phenoxy) is 1. The summed E-state index contributed by atoms with van der Waals surface area (Å²) in [6, 6.07) is 39.4. The van der Waals surface area contributed by atoms with Crippen molar-refractivity contribution < 1.29 is 14.3 Å². The van der Waals surface area contributed by atoms with Gasteiger partial charge in [-0.25, -0.2) is 0 Å². The van der Waals surface area contributed by atoms with Crippen LogP contribution in [0, 0.1) is 0 Å². The molecule has 0 heterocycles. The first-order valence-electron chi connectivity index (χ1n) is 13.9. The van der Waals surface area contributed by atoms with Gasteiger partial charge < -0.3 is 20.7 Å². The second-order valence-corrected chi connectivity index (χ2v) is 11.0. The Bertz CT molecular complexity index is 1750. The number of para-hydroxylation sites is 2. The van der Waals surface area contributed by atoms with Gasteiger partial charge >= 0.3 is 0 Å². The minimum atomic E-state index is -0.440. The van der Waals surface area contributed by atoms with E-state index < -0.39 is 5.91 Å². The Morgan fingerprint density at radius 3 is 2.05 bits per heavy atom. The Hall–Kier alpha value is -4.99. The molecule has 44 heavy (non-hydrogen) atoms. The van der Waals surface area contributed by atoms with Crippen LogP contribution in [0.4, 0.5) is 22.7 Å². The number of carbonyl (C=O) groups excluding carboxylic acids is 2. The summed E-state index contributed by atoms with van der Waals surface area (Å²) in [5, 5.41) is 12.0. The van der Waals surface area contributed by atoms with E-state index in [0.717, 1.165) is 21.4 Å². The van der Waals surface area contributed by atoms with Crippen LogP contribution in [-0.4, -0.2) is 23.5 Å². The van der Waals surface area contributed by atoms with E-state index in [1.807, 2.05) is 91.0 Å². The van der Waals surface area contributed by atoms with Gasteiger partial charge in [0.25, 0.3) is 11.8 Å². The average molecular weight is 666 g/mol. The van der Waals surface area contributed by atoms with Crippen molar-refractivity contribution in [1.29, 1.82) is 0 Å². The Morgan fingerprint density at radius 2 is 1.30 bits per heavy atom. The van der Waals surface area contributed by atoms with Crippen LogP contribution in [0.1, 0.15) is 26.3 Å². The number of hydrogen-bond donors (Lipinski definition) is 4. The number of amides is 2. The number of halogens is 1. The van der Waals surface area contributed by atoms with Gasteiger partial charge in [0.15, 0.2) is 5.11 Å². The van der Waals surface area contributed by atoms with Gasteiger partial charge in [0.05, 0.1) is 23.4 Å². The van der Waals surface area contributed by atoms with Crippen molar-refractivity contribution in [2.75, 3.05) is 22.6 Å². The summed E-state index contributed by atoms with van der Waals surface area (Å²) in [7, 11) is 0. The van der Waals surface area contributed by atoms with E-state index in [0.29, 0.717) is 41.3 Å². The third-order valence-corrected chi connectivity index (χ3v) is 7.23. The molecule has 5 aromatic carbocycles. The molecule has 0 unspecified atom stereocenters. The predicted molar refractivity (Wildman–Crippen MR) is 184 cm³/mol. The molecule has 0 spiro atoms. The zero-order chi connectivity index (χ0) is 30.7. The molecule has 9 heteroatoms. The molecule has 0 aliphatic heterocycles. The third-order valence-electron chi connectivity index (χ3n) is 6.53. The van der Waals surface area contributed by atoms with E-state index in [4.69, 9.17) is 17.0 Å². The van der Waals surface area contributed by atoms with Gasteiger partial charge in [0.2, 0.25) is 0 Å². The highest BCUT2D eigenvalue weighted by Gasteiger charge is 2.17. The summed E-state index contributed by atoms with van der Waals surface area (Å²) < 4.78 is 6.68. The molecule has 0 fully saturated rings. The smallest absolute Gasteiger partial charge is 0.261 e. The van der Waals surface area contributed by atoms with Crippen molar-refractivity contribution in [1.82, 2.24) is 5.32 Å². The molecule has 4 N–H and O–H groups in total. The monoisotopic (exact) mass is 664 g/mol. The maximum atomic E-state index is 13.2. The summed E-state index contributed by atoms with van der Waals surface area (Å²) in [6.07, 6.45) is 0.700. The number of thiocarbonyl (C=S) groups is 1. The lowest BCUT2D eigenvalue weighted by Crippen LogP contribution is -2.35. The molecule has 0 saturated carbocycles.